The third-order valence-electron chi connectivity index (χ3n) is 6.48. The number of ketones is 1. The van der Waals surface area contributed by atoms with Crippen LogP contribution in [-0.4, -0.2) is 40.1 Å². The van der Waals surface area contributed by atoms with Gasteiger partial charge in [-0.05, 0) is 45.4 Å². The molecular weight excluding hydrogens is 360 g/mol. The molecule has 1 saturated carbocycles. The first-order valence-corrected chi connectivity index (χ1v) is 10.1. The lowest BCUT2D eigenvalue weighted by Gasteiger charge is -2.55. The van der Waals surface area contributed by atoms with E-state index in [9.17, 15) is 19.5 Å². The highest BCUT2D eigenvalue weighted by molar-refractivity contribution is 5.98. The fraction of sp³-hybridized carbons (Fsp3) is 0.773. The number of carbonyl (C=O) groups is 3. The van der Waals surface area contributed by atoms with Crippen LogP contribution < -0.4 is 0 Å². The summed E-state index contributed by atoms with van der Waals surface area (Å²) in [5.41, 5.74) is -2.52. The van der Waals surface area contributed by atoms with E-state index in [4.69, 9.17) is 9.47 Å². The van der Waals surface area contributed by atoms with E-state index >= 15 is 0 Å². The zero-order chi connectivity index (χ0) is 21.5. The molecule has 2 rings (SSSR count). The molecule has 6 nitrogen and oxygen atoms in total. The Morgan fingerprint density at radius 3 is 2.46 bits per heavy atom. The number of esters is 2. The van der Waals surface area contributed by atoms with Gasteiger partial charge in [0.15, 0.2) is 11.4 Å². The molecule has 5 atom stereocenters. The Balaban J connectivity index is 2.52. The van der Waals surface area contributed by atoms with Crippen LogP contribution in [-0.2, 0) is 23.9 Å². The van der Waals surface area contributed by atoms with Crippen molar-refractivity contribution in [3.8, 4) is 0 Å². The molecule has 28 heavy (non-hydrogen) atoms. The van der Waals surface area contributed by atoms with Crippen LogP contribution in [0.2, 0.25) is 0 Å². The van der Waals surface area contributed by atoms with Crippen molar-refractivity contribution in [1.82, 2.24) is 0 Å². The van der Waals surface area contributed by atoms with Gasteiger partial charge in [0, 0.05) is 24.8 Å². The second kappa shape index (κ2) is 7.62. The number of carbonyl (C=O) groups excluding carboxylic acids is 3. The molecule has 1 N–H and O–H groups in total. The molecule has 0 aromatic heterocycles. The molecule has 0 aromatic rings. The summed E-state index contributed by atoms with van der Waals surface area (Å²) in [5, 5.41) is 10.5. The predicted octanol–water partition coefficient (Wildman–Crippen LogP) is 3.35. The van der Waals surface area contributed by atoms with Gasteiger partial charge in [-0.2, -0.15) is 0 Å². The minimum Gasteiger partial charge on any atom is -0.458 e. The highest BCUT2D eigenvalue weighted by atomic mass is 16.6. The normalized spacial score (nSPS) is 34.1. The largest absolute Gasteiger partial charge is 0.458 e. The molecule has 0 aromatic carbocycles. The molecule has 0 unspecified atom stereocenters. The van der Waals surface area contributed by atoms with Gasteiger partial charge in [-0.15, -0.1) is 0 Å². The number of hydrogen-bond donors (Lipinski definition) is 1. The van der Waals surface area contributed by atoms with Crippen LogP contribution in [0, 0.1) is 17.3 Å². The summed E-state index contributed by atoms with van der Waals surface area (Å²) in [6.07, 6.45) is 3.23. The van der Waals surface area contributed by atoms with Crippen molar-refractivity contribution in [3.63, 3.8) is 0 Å². The molecule has 0 amide bonds. The van der Waals surface area contributed by atoms with Crippen molar-refractivity contribution in [2.45, 2.75) is 91.5 Å². The Bertz CT molecular complexity index is 688. The summed E-state index contributed by atoms with van der Waals surface area (Å²) in [7, 11) is 0. The molecule has 2 aliphatic carbocycles. The van der Waals surface area contributed by atoms with Gasteiger partial charge in [0.2, 0.25) is 0 Å². The summed E-state index contributed by atoms with van der Waals surface area (Å²) in [6.45, 7) is 12.0. The first-order chi connectivity index (χ1) is 12.7. The third kappa shape index (κ3) is 4.17. The number of rotatable bonds is 5. The van der Waals surface area contributed by atoms with Crippen LogP contribution >= 0.6 is 0 Å². The number of Topliss-reactive ketones (excluding diaryl/α,β-unsaturated/α-hetero) is 1. The second-order valence-corrected chi connectivity index (χ2v) is 9.42. The lowest BCUT2D eigenvalue weighted by atomic mass is 9.54. The first kappa shape index (κ1) is 22.6. The number of aliphatic hydroxyl groups is 1. The van der Waals surface area contributed by atoms with Crippen LogP contribution in [0.15, 0.2) is 11.6 Å². The Labute approximate surface area is 167 Å². The van der Waals surface area contributed by atoms with Gasteiger partial charge in [-0.25, -0.2) is 0 Å². The van der Waals surface area contributed by atoms with Gasteiger partial charge in [0.05, 0.1) is 11.5 Å². The molecule has 0 bridgehead atoms. The Morgan fingerprint density at radius 1 is 1.36 bits per heavy atom. The van der Waals surface area contributed by atoms with Gasteiger partial charge in [-0.3, -0.25) is 14.4 Å². The standard InChI is InChI=1S/C22H34O6/c1-8-13(2)19(25)27-18-9-10-21(6)12-16(24)15(20(4,5)26)11-17(21)22(18,7)28-14(3)23/h11,13,17-18,26H,8-10,12H2,1-7H3/t13-,17-,18+,21-,22+/m1/s1. The maximum atomic E-state index is 12.7. The average Bonchev–Trinajstić information content (AvgIpc) is 2.54. The van der Waals surface area contributed by atoms with Crippen LogP contribution in [0.4, 0.5) is 0 Å². The van der Waals surface area contributed by atoms with E-state index < -0.39 is 28.7 Å². The highest BCUT2D eigenvalue weighted by Gasteiger charge is 2.59. The fourth-order valence-corrected chi connectivity index (χ4v) is 4.66. The SMILES string of the molecule is CC[C@@H](C)C(=O)O[C@H]1CC[C@]2(C)CC(=O)C(C(C)(C)O)=C[C@H]2[C@]1(C)OC(C)=O. The van der Waals surface area contributed by atoms with Crippen molar-refractivity contribution >= 4 is 17.7 Å². The number of ether oxygens (including phenoxy) is 2. The minimum atomic E-state index is -1.30. The number of hydrogen-bond acceptors (Lipinski definition) is 6. The summed E-state index contributed by atoms with van der Waals surface area (Å²) >= 11 is 0. The Morgan fingerprint density at radius 2 is 1.96 bits per heavy atom. The molecule has 0 heterocycles. The Hall–Kier alpha value is -1.69. The average molecular weight is 395 g/mol. The zero-order valence-electron chi connectivity index (χ0n) is 18.1. The molecule has 0 radical (unpaired) electrons. The van der Waals surface area contributed by atoms with E-state index in [0.717, 1.165) is 0 Å². The van der Waals surface area contributed by atoms with Crippen molar-refractivity contribution in [3.05, 3.63) is 11.6 Å². The van der Waals surface area contributed by atoms with Gasteiger partial charge in [0.1, 0.15) is 6.10 Å². The van der Waals surface area contributed by atoms with Crippen molar-refractivity contribution in [2.75, 3.05) is 0 Å². The Kier molecular flexibility index (Phi) is 6.15. The van der Waals surface area contributed by atoms with E-state index in [0.29, 0.717) is 24.8 Å². The summed E-state index contributed by atoms with van der Waals surface area (Å²) in [5.74, 6) is -1.47. The molecule has 158 valence electrons. The molecule has 6 heteroatoms. The molecule has 2 aliphatic rings. The maximum Gasteiger partial charge on any atom is 0.309 e. The first-order valence-electron chi connectivity index (χ1n) is 10.1. The lowest BCUT2D eigenvalue weighted by molar-refractivity contribution is -0.212. The van der Waals surface area contributed by atoms with E-state index in [-0.39, 0.29) is 30.0 Å². The third-order valence-corrected chi connectivity index (χ3v) is 6.48. The molecular formula is C22H34O6. The number of fused-ring (bicyclic) bond motifs is 1. The van der Waals surface area contributed by atoms with Crippen LogP contribution in [0.1, 0.15) is 74.1 Å². The highest BCUT2D eigenvalue weighted by Crippen LogP contribution is 2.55. The quantitative estimate of drug-likeness (QED) is 0.719. The topological polar surface area (TPSA) is 89.9 Å². The molecule has 0 aliphatic heterocycles. The smallest absolute Gasteiger partial charge is 0.309 e. The summed E-state index contributed by atoms with van der Waals surface area (Å²) in [6, 6.07) is 0. The second-order valence-electron chi connectivity index (χ2n) is 9.42. The van der Waals surface area contributed by atoms with E-state index in [1.54, 1.807) is 26.8 Å². The van der Waals surface area contributed by atoms with Gasteiger partial charge in [0.25, 0.3) is 0 Å². The minimum absolute atomic E-state index is 0.0912. The summed E-state index contributed by atoms with van der Waals surface area (Å²) in [4.78, 5) is 37.1. The molecule has 1 fully saturated rings. The monoisotopic (exact) mass is 394 g/mol. The van der Waals surface area contributed by atoms with Crippen LogP contribution in [0.5, 0.6) is 0 Å². The molecule has 0 saturated heterocycles. The van der Waals surface area contributed by atoms with Gasteiger partial charge < -0.3 is 14.6 Å². The fourth-order valence-electron chi connectivity index (χ4n) is 4.66. The van der Waals surface area contributed by atoms with Crippen molar-refractivity contribution in [2.24, 2.45) is 17.3 Å². The lowest BCUT2D eigenvalue weighted by Crippen LogP contribution is -2.61. The van der Waals surface area contributed by atoms with Gasteiger partial charge in [-0.1, -0.05) is 26.8 Å². The molecule has 0 spiro atoms. The van der Waals surface area contributed by atoms with Crippen molar-refractivity contribution < 1.29 is 29.0 Å². The van der Waals surface area contributed by atoms with E-state index in [1.165, 1.54) is 6.92 Å². The van der Waals surface area contributed by atoms with E-state index in [2.05, 4.69) is 0 Å². The van der Waals surface area contributed by atoms with E-state index in [1.807, 2.05) is 20.8 Å². The van der Waals surface area contributed by atoms with Crippen LogP contribution in [0.3, 0.4) is 0 Å². The maximum absolute atomic E-state index is 12.7. The zero-order valence-corrected chi connectivity index (χ0v) is 18.1. The predicted molar refractivity (Wildman–Crippen MR) is 104 cm³/mol. The van der Waals surface area contributed by atoms with Gasteiger partial charge >= 0.3 is 11.9 Å². The van der Waals surface area contributed by atoms with Crippen molar-refractivity contribution in [1.29, 1.82) is 0 Å². The summed E-state index contributed by atoms with van der Waals surface area (Å²) < 4.78 is 11.6. The van der Waals surface area contributed by atoms with Crippen LogP contribution in [0.25, 0.3) is 0 Å².